The first kappa shape index (κ1) is 13.1. The molecular weight excluding hydrogens is 252 g/mol. The molecule has 0 bridgehead atoms. The molecule has 0 atom stereocenters. The monoisotopic (exact) mass is 268 g/mol. The average molecular weight is 268 g/mol. The Morgan fingerprint density at radius 2 is 2.28 bits per heavy atom. The fourth-order valence-corrected chi connectivity index (χ4v) is 3.25. The van der Waals surface area contributed by atoms with E-state index in [0.29, 0.717) is 22.8 Å². The van der Waals surface area contributed by atoms with Crippen molar-refractivity contribution in [3.63, 3.8) is 0 Å². The summed E-state index contributed by atoms with van der Waals surface area (Å²) in [6, 6.07) is 0. The molecule has 0 unspecified atom stereocenters. The molecule has 2 rings (SSSR count). The number of nitrogens with zero attached hydrogens (tertiary/aromatic N) is 3. The highest BCUT2D eigenvalue weighted by molar-refractivity contribution is 8.00. The molecule has 0 aliphatic heterocycles. The number of hydrogen-bond acceptors (Lipinski definition) is 6. The van der Waals surface area contributed by atoms with E-state index >= 15 is 0 Å². The van der Waals surface area contributed by atoms with Gasteiger partial charge in [-0.15, -0.1) is 0 Å². The molecule has 1 aliphatic carbocycles. The summed E-state index contributed by atoms with van der Waals surface area (Å²) in [5.41, 5.74) is 0.00792. The molecule has 0 spiro atoms. The molecule has 1 fully saturated rings. The highest BCUT2D eigenvalue weighted by atomic mass is 32.2. The zero-order valence-corrected chi connectivity index (χ0v) is 11.1. The fourth-order valence-electron chi connectivity index (χ4n) is 1.98. The molecule has 0 radical (unpaired) electrons. The second kappa shape index (κ2) is 5.99. The van der Waals surface area contributed by atoms with Crippen LogP contribution in [0.4, 0.5) is 11.6 Å². The van der Waals surface area contributed by atoms with Crippen LogP contribution in [0.5, 0.6) is 0 Å². The third-order valence-corrected chi connectivity index (χ3v) is 4.18. The van der Waals surface area contributed by atoms with Crippen molar-refractivity contribution in [1.29, 1.82) is 0 Å². The summed E-state index contributed by atoms with van der Waals surface area (Å²) in [6.07, 6.45) is 5.93. The number of aromatic nitrogens is 2. The molecule has 0 aromatic carbocycles. The number of nitrogens with one attached hydrogen (secondary N) is 1. The van der Waals surface area contributed by atoms with E-state index in [1.165, 1.54) is 30.8 Å². The lowest BCUT2D eigenvalue weighted by molar-refractivity contribution is -0.388. The predicted octanol–water partition coefficient (Wildman–Crippen LogP) is 2.85. The first-order valence-electron chi connectivity index (χ1n) is 6.12. The van der Waals surface area contributed by atoms with Crippen LogP contribution < -0.4 is 5.32 Å². The van der Waals surface area contributed by atoms with Crippen molar-refractivity contribution < 1.29 is 4.92 Å². The summed E-state index contributed by atoms with van der Waals surface area (Å²) >= 11 is 1.51. The van der Waals surface area contributed by atoms with Crippen LogP contribution in [0.25, 0.3) is 0 Å². The maximum absolute atomic E-state index is 11.0. The molecule has 6 nitrogen and oxygen atoms in total. The third kappa shape index (κ3) is 3.10. The molecule has 1 aromatic heterocycles. The van der Waals surface area contributed by atoms with Gasteiger partial charge in [0, 0.05) is 11.8 Å². The van der Waals surface area contributed by atoms with Gasteiger partial charge in [0.1, 0.15) is 6.20 Å². The standard InChI is InChI=1S/C11H16N4O2S/c1-2-12-11-13-7-9(15(16)17)10(14-11)18-8-5-3-4-6-8/h7-8H,2-6H2,1H3,(H,12,13,14). The van der Waals surface area contributed by atoms with Crippen LogP contribution in [0.15, 0.2) is 11.2 Å². The summed E-state index contributed by atoms with van der Waals surface area (Å²) in [4.78, 5) is 18.7. The van der Waals surface area contributed by atoms with Crippen molar-refractivity contribution in [2.24, 2.45) is 0 Å². The van der Waals surface area contributed by atoms with Gasteiger partial charge in [0.25, 0.3) is 0 Å². The Bertz CT molecular complexity index is 435. The van der Waals surface area contributed by atoms with E-state index in [4.69, 9.17) is 0 Å². The van der Waals surface area contributed by atoms with Gasteiger partial charge in [-0.1, -0.05) is 24.6 Å². The van der Waals surface area contributed by atoms with Crippen LogP contribution in [-0.4, -0.2) is 26.7 Å². The maximum Gasteiger partial charge on any atom is 0.319 e. The Hall–Kier alpha value is -1.37. The topological polar surface area (TPSA) is 81.0 Å². The van der Waals surface area contributed by atoms with Gasteiger partial charge in [-0.3, -0.25) is 10.1 Å². The van der Waals surface area contributed by atoms with E-state index in [1.54, 1.807) is 0 Å². The fraction of sp³-hybridized carbons (Fsp3) is 0.636. The normalized spacial score (nSPS) is 15.8. The molecule has 1 aliphatic rings. The van der Waals surface area contributed by atoms with Crippen LogP contribution in [0, 0.1) is 10.1 Å². The van der Waals surface area contributed by atoms with Crippen LogP contribution in [0.1, 0.15) is 32.6 Å². The van der Waals surface area contributed by atoms with Crippen LogP contribution in [0.3, 0.4) is 0 Å². The summed E-state index contributed by atoms with van der Waals surface area (Å²) in [5, 5.41) is 14.9. The molecule has 1 saturated carbocycles. The Kier molecular flexibility index (Phi) is 4.35. The van der Waals surface area contributed by atoms with Gasteiger partial charge in [0.2, 0.25) is 5.95 Å². The highest BCUT2D eigenvalue weighted by Gasteiger charge is 2.23. The lowest BCUT2D eigenvalue weighted by atomic mass is 10.4. The van der Waals surface area contributed by atoms with Gasteiger partial charge in [0.15, 0.2) is 5.03 Å². The highest BCUT2D eigenvalue weighted by Crippen LogP contribution is 2.37. The molecular formula is C11H16N4O2S. The Morgan fingerprint density at radius 1 is 1.56 bits per heavy atom. The molecule has 98 valence electrons. The number of anilines is 1. The molecule has 1 heterocycles. The number of nitro groups is 1. The Labute approximate surface area is 110 Å². The van der Waals surface area contributed by atoms with Crippen LogP contribution >= 0.6 is 11.8 Å². The zero-order chi connectivity index (χ0) is 13.0. The number of hydrogen-bond donors (Lipinski definition) is 1. The van der Waals surface area contributed by atoms with Crippen molar-refractivity contribution in [2.75, 3.05) is 11.9 Å². The lowest BCUT2D eigenvalue weighted by Gasteiger charge is -2.09. The number of thioether (sulfide) groups is 1. The second-order valence-corrected chi connectivity index (χ2v) is 5.48. The van der Waals surface area contributed by atoms with Gasteiger partial charge in [-0.25, -0.2) is 4.98 Å². The summed E-state index contributed by atoms with van der Waals surface area (Å²) < 4.78 is 0. The van der Waals surface area contributed by atoms with E-state index < -0.39 is 4.92 Å². The summed E-state index contributed by atoms with van der Waals surface area (Å²) in [7, 11) is 0. The number of rotatable bonds is 5. The maximum atomic E-state index is 11.0. The Morgan fingerprint density at radius 3 is 2.89 bits per heavy atom. The van der Waals surface area contributed by atoms with Gasteiger partial charge < -0.3 is 5.32 Å². The van der Waals surface area contributed by atoms with Gasteiger partial charge in [-0.2, -0.15) is 4.98 Å². The van der Waals surface area contributed by atoms with E-state index in [9.17, 15) is 10.1 Å². The van der Waals surface area contributed by atoms with E-state index in [-0.39, 0.29) is 5.69 Å². The molecule has 7 heteroatoms. The molecule has 1 N–H and O–H groups in total. The average Bonchev–Trinajstić information content (AvgIpc) is 2.82. The van der Waals surface area contributed by atoms with Crippen LogP contribution in [-0.2, 0) is 0 Å². The van der Waals surface area contributed by atoms with Gasteiger partial charge in [-0.05, 0) is 19.8 Å². The zero-order valence-electron chi connectivity index (χ0n) is 10.3. The van der Waals surface area contributed by atoms with Crippen molar-refractivity contribution >= 4 is 23.4 Å². The SMILES string of the molecule is CCNc1ncc([N+](=O)[O-])c(SC2CCCC2)n1. The molecule has 0 amide bonds. The first-order chi connectivity index (χ1) is 8.70. The van der Waals surface area contributed by atoms with Crippen molar-refractivity contribution in [3.05, 3.63) is 16.3 Å². The van der Waals surface area contributed by atoms with Crippen molar-refractivity contribution in [1.82, 2.24) is 9.97 Å². The van der Waals surface area contributed by atoms with E-state index in [0.717, 1.165) is 12.8 Å². The smallest absolute Gasteiger partial charge is 0.319 e. The van der Waals surface area contributed by atoms with Gasteiger partial charge >= 0.3 is 5.69 Å². The molecule has 18 heavy (non-hydrogen) atoms. The minimum absolute atomic E-state index is 0.00792. The van der Waals surface area contributed by atoms with E-state index in [2.05, 4.69) is 15.3 Å². The second-order valence-electron chi connectivity index (χ2n) is 4.20. The minimum Gasteiger partial charge on any atom is -0.354 e. The summed E-state index contributed by atoms with van der Waals surface area (Å²) in [5.74, 6) is 0.462. The largest absolute Gasteiger partial charge is 0.354 e. The van der Waals surface area contributed by atoms with Crippen molar-refractivity contribution in [3.8, 4) is 0 Å². The molecule has 1 aromatic rings. The minimum atomic E-state index is -0.410. The molecule has 0 saturated heterocycles. The van der Waals surface area contributed by atoms with Crippen LogP contribution in [0.2, 0.25) is 0 Å². The summed E-state index contributed by atoms with van der Waals surface area (Å²) in [6.45, 7) is 2.64. The first-order valence-corrected chi connectivity index (χ1v) is 7.00. The Balaban J connectivity index is 2.21. The lowest BCUT2D eigenvalue weighted by Crippen LogP contribution is -2.06. The predicted molar refractivity (Wildman–Crippen MR) is 71.0 cm³/mol. The van der Waals surface area contributed by atoms with E-state index in [1.807, 2.05) is 6.92 Å². The van der Waals surface area contributed by atoms with Gasteiger partial charge in [0.05, 0.1) is 4.92 Å². The third-order valence-electron chi connectivity index (χ3n) is 2.85. The quantitative estimate of drug-likeness (QED) is 0.502. The van der Waals surface area contributed by atoms with Crippen molar-refractivity contribution in [2.45, 2.75) is 42.9 Å².